The van der Waals surface area contributed by atoms with Gasteiger partial charge in [0, 0.05) is 29.2 Å². The van der Waals surface area contributed by atoms with E-state index in [1.165, 1.54) is 39.7 Å². The van der Waals surface area contributed by atoms with Gasteiger partial charge < -0.3 is 15.4 Å². The van der Waals surface area contributed by atoms with E-state index < -0.39 is 0 Å². The van der Waals surface area contributed by atoms with Gasteiger partial charge >= 0.3 is 0 Å². The second-order valence-corrected chi connectivity index (χ2v) is 7.26. The van der Waals surface area contributed by atoms with Crippen molar-refractivity contribution in [2.75, 3.05) is 6.54 Å². The fourth-order valence-corrected chi connectivity index (χ4v) is 4.02. The fraction of sp³-hybridized carbons (Fsp3) is 0.364. The Labute approximate surface area is 149 Å². The van der Waals surface area contributed by atoms with Crippen LogP contribution in [0, 0.1) is 6.92 Å². The number of hydrogen-bond acceptors (Lipinski definition) is 2. The molecule has 2 aromatic carbocycles. The topological polar surface area (TPSA) is 48.0 Å². The van der Waals surface area contributed by atoms with Gasteiger partial charge in [-0.3, -0.25) is 0 Å². The van der Waals surface area contributed by atoms with Gasteiger partial charge in [-0.25, -0.2) is 0 Å². The lowest BCUT2D eigenvalue weighted by Gasteiger charge is -2.25. The highest BCUT2D eigenvalue weighted by molar-refractivity contribution is 5.85. The minimum absolute atomic E-state index is 0.307. The van der Waals surface area contributed by atoms with Gasteiger partial charge in [-0.05, 0) is 55.9 Å². The second-order valence-electron chi connectivity index (χ2n) is 7.26. The van der Waals surface area contributed by atoms with Crippen LogP contribution < -0.4 is 5.32 Å². The SMILES string of the molecule is Cc1ccc2[nH]c3c(c2c1)CCCC3NCC(O)Cc1ccccc1. The number of aliphatic hydroxyl groups excluding tert-OH is 1. The monoisotopic (exact) mass is 334 g/mol. The van der Waals surface area contributed by atoms with Crippen molar-refractivity contribution < 1.29 is 5.11 Å². The molecule has 1 aliphatic carbocycles. The molecule has 1 heterocycles. The Morgan fingerprint density at radius 2 is 2.04 bits per heavy atom. The number of benzene rings is 2. The van der Waals surface area contributed by atoms with Crippen molar-refractivity contribution in [3.63, 3.8) is 0 Å². The van der Waals surface area contributed by atoms with Crippen molar-refractivity contribution in [1.82, 2.24) is 10.3 Å². The van der Waals surface area contributed by atoms with Crippen molar-refractivity contribution in [2.24, 2.45) is 0 Å². The van der Waals surface area contributed by atoms with Crippen LogP contribution in [0.2, 0.25) is 0 Å². The number of aryl methyl sites for hydroxylation is 2. The molecule has 3 heteroatoms. The van der Waals surface area contributed by atoms with Gasteiger partial charge in [0.05, 0.1) is 6.10 Å². The molecule has 4 rings (SSSR count). The fourth-order valence-electron chi connectivity index (χ4n) is 4.02. The first-order valence-electron chi connectivity index (χ1n) is 9.27. The number of nitrogens with one attached hydrogen (secondary N) is 2. The van der Waals surface area contributed by atoms with Crippen molar-refractivity contribution in [3.8, 4) is 0 Å². The maximum atomic E-state index is 10.4. The van der Waals surface area contributed by atoms with E-state index in [9.17, 15) is 5.11 Å². The number of hydrogen-bond donors (Lipinski definition) is 3. The second kappa shape index (κ2) is 7.03. The van der Waals surface area contributed by atoms with Crippen LogP contribution in [0.25, 0.3) is 10.9 Å². The Balaban J connectivity index is 1.47. The minimum atomic E-state index is -0.362. The van der Waals surface area contributed by atoms with Gasteiger partial charge in [0.2, 0.25) is 0 Å². The zero-order chi connectivity index (χ0) is 17.2. The molecular formula is C22H26N2O. The van der Waals surface area contributed by atoms with Crippen molar-refractivity contribution >= 4 is 10.9 Å². The molecule has 1 aliphatic rings. The van der Waals surface area contributed by atoms with Crippen LogP contribution in [0.3, 0.4) is 0 Å². The summed E-state index contributed by atoms with van der Waals surface area (Å²) in [4.78, 5) is 3.62. The lowest BCUT2D eigenvalue weighted by Crippen LogP contribution is -2.33. The summed E-state index contributed by atoms with van der Waals surface area (Å²) >= 11 is 0. The molecule has 3 nitrogen and oxygen atoms in total. The molecular weight excluding hydrogens is 308 g/mol. The van der Waals surface area contributed by atoms with Crippen LogP contribution in [0.5, 0.6) is 0 Å². The number of H-pyrrole nitrogens is 1. The molecule has 130 valence electrons. The predicted molar refractivity (Wildman–Crippen MR) is 103 cm³/mol. The van der Waals surface area contributed by atoms with Crippen molar-refractivity contribution in [3.05, 3.63) is 70.9 Å². The molecule has 1 aromatic heterocycles. The summed E-state index contributed by atoms with van der Waals surface area (Å²) in [5.74, 6) is 0. The zero-order valence-electron chi connectivity index (χ0n) is 14.8. The molecule has 0 bridgehead atoms. The average Bonchev–Trinajstić information content (AvgIpc) is 2.99. The number of aromatic nitrogens is 1. The van der Waals surface area contributed by atoms with E-state index in [0.29, 0.717) is 19.0 Å². The lowest BCUT2D eigenvalue weighted by molar-refractivity contribution is 0.165. The van der Waals surface area contributed by atoms with E-state index in [1.54, 1.807) is 0 Å². The molecule has 25 heavy (non-hydrogen) atoms. The molecule has 3 aromatic rings. The summed E-state index contributed by atoms with van der Waals surface area (Å²) in [6.07, 6.45) is 3.79. The third kappa shape index (κ3) is 3.48. The molecule has 0 aliphatic heterocycles. The van der Waals surface area contributed by atoms with E-state index in [4.69, 9.17) is 0 Å². The molecule has 3 N–H and O–H groups in total. The smallest absolute Gasteiger partial charge is 0.0705 e. The van der Waals surface area contributed by atoms with Gasteiger partial charge in [-0.1, -0.05) is 42.0 Å². The molecule has 2 atom stereocenters. The first kappa shape index (κ1) is 16.4. The average molecular weight is 334 g/mol. The Kier molecular flexibility index (Phi) is 4.60. The molecule has 0 radical (unpaired) electrons. The summed E-state index contributed by atoms with van der Waals surface area (Å²) in [7, 11) is 0. The van der Waals surface area contributed by atoms with E-state index in [-0.39, 0.29) is 6.10 Å². The molecule has 0 spiro atoms. The van der Waals surface area contributed by atoms with E-state index in [2.05, 4.69) is 47.6 Å². The molecule has 2 unspecified atom stereocenters. The van der Waals surface area contributed by atoms with E-state index in [1.807, 2.05) is 18.2 Å². The van der Waals surface area contributed by atoms with Gasteiger partial charge in [0.25, 0.3) is 0 Å². The normalized spacial score (nSPS) is 18.2. The number of aliphatic hydroxyl groups is 1. The number of aromatic amines is 1. The standard InChI is InChI=1S/C22H26N2O/c1-15-10-11-20-19(12-15)18-8-5-9-21(22(18)24-20)23-14-17(25)13-16-6-3-2-4-7-16/h2-4,6-7,10-12,17,21,23-25H,5,8-9,13-14H2,1H3. The van der Waals surface area contributed by atoms with Crippen LogP contribution >= 0.6 is 0 Å². The first-order chi connectivity index (χ1) is 12.2. The Morgan fingerprint density at radius 3 is 2.88 bits per heavy atom. The largest absolute Gasteiger partial charge is 0.391 e. The van der Waals surface area contributed by atoms with Crippen LogP contribution in [0.15, 0.2) is 48.5 Å². The molecule has 0 amide bonds. The molecule has 0 saturated heterocycles. The highest BCUT2D eigenvalue weighted by Crippen LogP contribution is 2.35. The summed E-state index contributed by atoms with van der Waals surface area (Å²) in [6.45, 7) is 2.77. The number of fused-ring (bicyclic) bond motifs is 3. The lowest BCUT2D eigenvalue weighted by atomic mass is 9.91. The maximum absolute atomic E-state index is 10.4. The van der Waals surface area contributed by atoms with Crippen LogP contribution in [0.4, 0.5) is 0 Å². The van der Waals surface area contributed by atoms with Crippen LogP contribution in [0.1, 0.15) is 41.3 Å². The Hall–Kier alpha value is -2.10. The first-order valence-corrected chi connectivity index (χ1v) is 9.27. The minimum Gasteiger partial charge on any atom is -0.391 e. The van der Waals surface area contributed by atoms with Gasteiger partial charge in [-0.15, -0.1) is 0 Å². The summed E-state index contributed by atoms with van der Waals surface area (Å²) in [5, 5.41) is 15.3. The zero-order valence-corrected chi connectivity index (χ0v) is 14.8. The highest BCUT2D eigenvalue weighted by atomic mass is 16.3. The van der Waals surface area contributed by atoms with Crippen LogP contribution in [-0.2, 0) is 12.8 Å². The third-order valence-corrected chi connectivity index (χ3v) is 5.28. The van der Waals surface area contributed by atoms with Gasteiger partial charge in [0.1, 0.15) is 0 Å². The summed E-state index contributed by atoms with van der Waals surface area (Å²) < 4.78 is 0. The molecule has 0 fully saturated rings. The predicted octanol–water partition coefficient (Wildman–Crippen LogP) is 4.05. The van der Waals surface area contributed by atoms with Gasteiger partial charge in [0.15, 0.2) is 0 Å². The van der Waals surface area contributed by atoms with E-state index >= 15 is 0 Å². The van der Waals surface area contributed by atoms with E-state index in [0.717, 1.165) is 12.8 Å². The van der Waals surface area contributed by atoms with Crippen molar-refractivity contribution in [1.29, 1.82) is 0 Å². The van der Waals surface area contributed by atoms with Gasteiger partial charge in [-0.2, -0.15) is 0 Å². The molecule has 0 saturated carbocycles. The third-order valence-electron chi connectivity index (χ3n) is 5.28. The summed E-state index contributed by atoms with van der Waals surface area (Å²) in [5.41, 5.74) is 6.50. The number of rotatable bonds is 5. The van der Waals surface area contributed by atoms with Crippen LogP contribution in [-0.4, -0.2) is 22.7 Å². The summed E-state index contributed by atoms with van der Waals surface area (Å²) in [6, 6.07) is 17.1. The maximum Gasteiger partial charge on any atom is 0.0705 e. The highest BCUT2D eigenvalue weighted by Gasteiger charge is 2.24. The Bertz CT molecular complexity index is 853. The Morgan fingerprint density at radius 1 is 1.20 bits per heavy atom. The quantitative estimate of drug-likeness (QED) is 0.659. The van der Waals surface area contributed by atoms with Crippen molar-refractivity contribution in [2.45, 2.75) is 44.8 Å².